The van der Waals surface area contributed by atoms with Gasteiger partial charge in [0.2, 0.25) is 0 Å². The normalized spacial score (nSPS) is 23.6. The van der Waals surface area contributed by atoms with Gasteiger partial charge in [-0.05, 0) is 69.2 Å². The van der Waals surface area contributed by atoms with E-state index >= 15 is 0 Å². The Balaban J connectivity index is 1.58. The maximum atomic E-state index is 10.6. The minimum atomic E-state index is -0.345. The zero-order valence-electron chi connectivity index (χ0n) is 13.6. The van der Waals surface area contributed by atoms with Crippen molar-refractivity contribution in [1.82, 2.24) is 4.90 Å². The first kappa shape index (κ1) is 15.1. The van der Waals surface area contributed by atoms with Gasteiger partial charge in [-0.25, -0.2) is 0 Å². The van der Waals surface area contributed by atoms with Gasteiger partial charge < -0.3 is 10.0 Å². The van der Waals surface area contributed by atoms with Crippen LogP contribution in [0, 0.1) is 19.3 Å². The van der Waals surface area contributed by atoms with Gasteiger partial charge >= 0.3 is 0 Å². The monoisotopic (exact) mass is 287 g/mol. The highest BCUT2D eigenvalue weighted by Gasteiger charge is 2.37. The van der Waals surface area contributed by atoms with Crippen LogP contribution in [0.25, 0.3) is 0 Å². The molecular weight excluding hydrogens is 258 g/mol. The molecule has 2 nitrogen and oxygen atoms in total. The van der Waals surface area contributed by atoms with Gasteiger partial charge in [0.15, 0.2) is 0 Å². The first-order chi connectivity index (χ1) is 10.1. The minimum Gasteiger partial charge on any atom is -0.387 e. The molecule has 21 heavy (non-hydrogen) atoms. The zero-order valence-corrected chi connectivity index (χ0v) is 13.6. The Morgan fingerprint density at radius 2 is 1.76 bits per heavy atom. The summed E-state index contributed by atoms with van der Waals surface area (Å²) in [4.78, 5) is 2.47. The standard InChI is InChI=1S/C19H29NO/c1-15-5-6-16(2)17(13-15)18(21)14-20-11-9-19(10-12-20)7-3-4-8-19/h5-6,13,18,21H,3-4,7-12,14H2,1-2H3. The van der Waals surface area contributed by atoms with Crippen LogP contribution in [-0.2, 0) is 0 Å². The number of likely N-dealkylation sites (tertiary alicyclic amines) is 1. The number of aliphatic hydroxyl groups is 1. The Bertz CT molecular complexity index is 480. The Hall–Kier alpha value is -0.860. The summed E-state index contributed by atoms with van der Waals surface area (Å²) in [5.74, 6) is 0. The van der Waals surface area contributed by atoms with Crippen LogP contribution in [-0.4, -0.2) is 29.6 Å². The fourth-order valence-electron chi connectivity index (χ4n) is 4.30. The van der Waals surface area contributed by atoms with Crippen molar-refractivity contribution < 1.29 is 5.11 Å². The van der Waals surface area contributed by atoms with Gasteiger partial charge in [-0.3, -0.25) is 0 Å². The van der Waals surface area contributed by atoms with E-state index in [-0.39, 0.29) is 6.10 Å². The first-order valence-corrected chi connectivity index (χ1v) is 8.56. The number of rotatable bonds is 3. The molecule has 1 aromatic carbocycles. The average molecular weight is 287 g/mol. The van der Waals surface area contributed by atoms with Gasteiger partial charge in [0, 0.05) is 6.54 Å². The molecule has 1 saturated carbocycles. The molecule has 2 heteroatoms. The summed E-state index contributed by atoms with van der Waals surface area (Å²) < 4.78 is 0. The smallest absolute Gasteiger partial charge is 0.0919 e. The lowest BCUT2D eigenvalue weighted by atomic mass is 9.77. The van der Waals surface area contributed by atoms with Gasteiger partial charge in [-0.2, -0.15) is 0 Å². The number of hydrogen-bond donors (Lipinski definition) is 1. The first-order valence-electron chi connectivity index (χ1n) is 8.56. The van der Waals surface area contributed by atoms with Crippen LogP contribution in [0.5, 0.6) is 0 Å². The quantitative estimate of drug-likeness (QED) is 0.908. The van der Waals surface area contributed by atoms with Gasteiger partial charge in [0.25, 0.3) is 0 Å². The second-order valence-electron chi connectivity index (χ2n) is 7.38. The van der Waals surface area contributed by atoms with Crippen LogP contribution in [0.15, 0.2) is 18.2 Å². The van der Waals surface area contributed by atoms with Crippen LogP contribution in [0.4, 0.5) is 0 Å². The fourth-order valence-corrected chi connectivity index (χ4v) is 4.30. The summed E-state index contributed by atoms with van der Waals surface area (Å²) in [6.07, 6.45) is 8.10. The van der Waals surface area contributed by atoms with Crippen molar-refractivity contribution in [2.24, 2.45) is 5.41 Å². The lowest BCUT2D eigenvalue weighted by molar-refractivity contribution is 0.0594. The van der Waals surface area contributed by atoms with Gasteiger partial charge in [0.1, 0.15) is 0 Å². The average Bonchev–Trinajstić information content (AvgIpc) is 2.93. The van der Waals surface area contributed by atoms with E-state index in [1.165, 1.54) is 62.7 Å². The van der Waals surface area contributed by atoms with E-state index in [2.05, 4.69) is 36.9 Å². The SMILES string of the molecule is Cc1ccc(C)c(C(O)CN2CCC3(CCCC3)CC2)c1. The van der Waals surface area contributed by atoms with Crippen LogP contribution in [0.1, 0.15) is 61.3 Å². The summed E-state index contributed by atoms with van der Waals surface area (Å²) in [7, 11) is 0. The molecule has 1 aliphatic carbocycles. The molecule has 116 valence electrons. The lowest BCUT2D eigenvalue weighted by Gasteiger charge is -2.40. The molecule has 0 aromatic heterocycles. The van der Waals surface area contributed by atoms with E-state index in [1.807, 2.05) is 0 Å². The molecule has 1 aromatic rings. The van der Waals surface area contributed by atoms with Crippen molar-refractivity contribution in [1.29, 1.82) is 0 Å². The highest BCUT2D eigenvalue weighted by molar-refractivity contribution is 5.32. The Morgan fingerprint density at radius 3 is 2.43 bits per heavy atom. The van der Waals surface area contributed by atoms with E-state index in [9.17, 15) is 5.11 Å². The third-order valence-corrected chi connectivity index (χ3v) is 5.81. The molecule has 0 radical (unpaired) electrons. The van der Waals surface area contributed by atoms with Crippen LogP contribution in [0.2, 0.25) is 0 Å². The molecule has 3 rings (SSSR count). The van der Waals surface area contributed by atoms with E-state index < -0.39 is 0 Å². The molecule has 2 fully saturated rings. The predicted molar refractivity (Wildman–Crippen MR) is 87.5 cm³/mol. The van der Waals surface area contributed by atoms with Gasteiger partial charge in [-0.15, -0.1) is 0 Å². The summed E-state index contributed by atoms with van der Waals surface area (Å²) in [5.41, 5.74) is 4.22. The number of aliphatic hydroxyl groups excluding tert-OH is 1. The Kier molecular flexibility index (Phi) is 4.37. The minimum absolute atomic E-state index is 0.345. The van der Waals surface area contributed by atoms with Crippen molar-refractivity contribution in [3.05, 3.63) is 34.9 Å². The van der Waals surface area contributed by atoms with Crippen LogP contribution in [0.3, 0.4) is 0 Å². The third-order valence-electron chi connectivity index (χ3n) is 5.81. The second-order valence-corrected chi connectivity index (χ2v) is 7.38. The van der Waals surface area contributed by atoms with Crippen molar-refractivity contribution in [2.45, 2.75) is 58.5 Å². The number of β-amino-alcohol motifs (C(OH)–C–C–N with tert-alkyl or cyclic N) is 1. The van der Waals surface area contributed by atoms with E-state index in [0.717, 1.165) is 12.1 Å². The third kappa shape index (κ3) is 3.32. The lowest BCUT2D eigenvalue weighted by Crippen LogP contribution is -2.40. The molecule has 1 aliphatic heterocycles. The highest BCUT2D eigenvalue weighted by Crippen LogP contribution is 2.46. The molecule has 1 unspecified atom stereocenters. The molecule has 1 saturated heterocycles. The van der Waals surface area contributed by atoms with Crippen molar-refractivity contribution >= 4 is 0 Å². The van der Waals surface area contributed by atoms with Crippen LogP contribution < -0.4 is 0 Å². The zero-order chi connectivity index (χ0) is 14.9. The number of nitrogens with zero attached hydrogens (tertiary/aromatic N) is 1. The molecule has 0 amide bonds. The summed E-state index contributed by atoms with van der Waals surface area (Å²) in [6.45, 7) is 7.33. The molecule has 0 bridgehead atoms. The largest absolute Gasteiger partial charge is 0.387 e. The van der Waals surface area contributed by atoms with Crippen molar-refractivity contribution in [3.8, 4) is 0 Å². The molecule has 1 heterocycles. The number of hydrogen-bond acceptors (Lipinski definition) is 2. The van der Waals surface area contributed by atoms with Gasteiger partial charge in [-0.1, -0.05) is 36.6 Å². The van der Waals surface area contributed by atoms with Crippen molar-refractivity contribution in [3.63, 3.8) is 0 Å². The van der Waals surface area contributed by atoms with E-state index in [4.69, 9.17) is 0 Å². The van der Waals surface area contributed by atoms with E-state index in [1.54, 1.807) is 0 Å². The fraction of sp³-hybridized carbons (Fsp3) is 0.684. The van der Waals surface area contributed by atoms with Crippen LogP contribution >= 0.6 is 0 Å². The Morgan fingerprint density at radius 1 is 1.10 bits per heavy atom. The number of aryl methyl sites for hydroxylation is 2. The molecular formula is C19H29NO. The maximum absolute atomic E-state index is 10.6. The molecule has 2 aliphatic rings. The number of piperidine rings is 1. The molecule has 1 atom stereocenters. The topological polar surface area (TPSA) is 23.5 Å². The second kappa shape index (κ2) is 6.10. The molecule has 1 N–H and O–H groups in total. The maximum Gasteiger partial charge on any atom is 0.0919 e. The van der Waals surface area contributed by atoms with E-state index in [0.29, 0.717) is 5.41 Å². The highest BCUT2D eigenvalue weighted by atomic mass is 16.3. The number of benzene rings is 1. The molecule has 1 spiro atoms. The predicted octanol–water partition coefficient (Wildman–Crippen LogP) is 3.99. The summed E-state index contributed by atoms with van der Waals surface area (Å²) in [6, 6.07) is 6.39. The van der Waals surface area contributed by atoms with Gasteiger partial charge in [0.05, 0.1) is 6.10 Å². The summed E-state index contributed by atoms with van der Waals surface area (Å²) in [5, 5.41) is 10.6. The van der Waals surface area contributed by atoms with Crippen molar-refractivity contribution in [2.75, 3.05) is 19.6 Å². The summed E-state index contributed by atoms with van der Waals surface area (Å²) >= 11 is 0. The Labute approximate surface area is 129 Å².